The maximum Gasteiger partial charge on any atom is 0.324 e. The smallest absolute Gasteiger partial charge is 0.324 e. The van der Waals surface area contributed by atoms with E-state index in [2.05, 4.69) is 24.4 Å². The molecule has 0 radical (unpaired) electrons. The average Bonchev–Trinajstić information content (AvgIpc) is 2.77. The van der Waals surface area contributed by atoms with Crippen LogP contribution in [0.2, 0.25) is 0 Å². The molecule has 32 heavy (non-hydrogen) atoms. The van der Waals surface area contributed by atoms with Crippen molar-refractivity contribution >= 4 is 17.1 Å². The monoisotopic (exact) mass is 450 g/mol. The van der Waals surface area contributed by atoms with Crippen molar-refractivity contribution in [1.29, 1.82) is 0 Å². The van der Waals surface area contributed by atoms with Gasteiger partial charge in [-0.25, -0.2) is 0 Å². The quantitative estimate of drug-likeness (QED) is 0.489. The lowest BCUT2D eigenvalue weighted by Gasteiger charge is -2.27. The summed E-state index contributed by atoms with van der Waals surface area (Å²) in [5, 5.41) is 43.7. The molecule has 0 saturated heterocycles. The largest absolute Gasteiger partial charge is 0.497 e. The zero-order chi connectivity index (χ0) is 24.0. The number of phenols is 1. The Balaban J connectivity index is 0.000000227. The Kier molecular flexibility index (Phi) is 7.85. The molecule has 0 spiro atoms. The van der Waals surface area contributed by atoms with Crippen molar-refractivity contribution in [3.8, 4) is 17.2 Å². The van der Waals surface area contributed by atoms with E-state index in [1.165, 1.54) is 11.1 Å². The lowest BCUT2D eigenvalue weighted by molar-refractivity contribution is -0.404. The molecule has 2 aromatic carbocycles. The molecule has 172 valence electrons. The Morgan fingerprint density at radius 3 is 1.94 bits per heavy atom. The van der Waals surface area contributed by atoms with Crippen molar-refractivity contribution in [2.24, 2.45) is 0 Å². The van der Waals surface area contributed by atoms with E-state index < -0.39 is 37.6 Å². The standard InChI is InChI=1S/C13H19NO2.C6H3N3O7/c1-4-11-10-8-13(16-3)12(15-2)7-9(10)5-6-14-11;10-6-4(8(13)14)1-3(7(11)12)2-5(6)9(15)16/h7-8,11,14H,4-6H2,1-3H3;1-2,10H. The van der Waals surface area contributed by atoms with E-state index in [0.29, 0.717) is 18.2 Å². The molecule has 1 heterocycles. The van der Waals surface area contributed by atoms with Gasteiger partial charge >= 0.3 is 11.4 Å². The Bertz CT molecular complexity index is 1010. The number of ether oxygens (including phenoxy) is 2. The fourth-order valence-corrected chi connectivity index (χ4v) is 3.31. The third-order valence-corrected chi connectivity index (χ3v) is 4.87. The number of phenolic OH excluding ortho intramolecular Hbond substituents is 1. The molecule has 0 bridgehead atoms. The van der Waals surface area contributed by atoms with Gasteiger partial charge in [0.25, 0.3) is 11.4 Å². The summed E-state index contributed by atoms with van der Waals surface area (Å²) in [6.45, 7) is 3.24. The summed E-state index contributed by atoms with van der Waals surface area (Å²) < 4.78 is 10.7. The number of methoxy groups -OCH3 is 2. The molecule has 1 atom stereocenters. The summed E-state index contributed by atoms with van der Waals surface area (Å²) in [5.74, 6) is 0.446. The van der Waals surface area contributed by atoms with Crippen molar-refractivity contribution < 1.29 is 29.4 Å². The molecule has 1 unspecified atom stereocenters. The van der Waals surface area contributed by atoms with Crippen LogP contribution in [-0.4, -0.2) is 40.6 Å². The molecule has 13 nitrogen and oxygen atoms in total. The van der Waals surface area contributed by atoms with Crippen molar-refractivity contribution in [3.05, 3.63) is 65.7 Å². The maximum absolute atomic E-state index is 10.4. The maximum atomic E-state index is 10.4. The molecular formula is C19H22N4O9. The molecule has 2 N–H and O–H groups in total. The van der Waals surface area contributed by atoms with E-state index in [-0.39, 0.29) is 0 Å². The number of rotatable bonds is 6. The van der Waals surface area contributed by atoms with Gasteiger partial charge in [-0.05, 0) is 42.6 Å². The second-order valence-electron chi connectivity index (χ2n) is 6.67. The van der Waals surface area contributed by atoms with Gasteiger partial charge in [-0.2, -0.15) is 0 Å². The van der Waals surface area contributed by atoms with Crippen LogP contribution in [0.25, 0.3) is 0 Å². The first-order chi connectivity index (χ1) is 15.1. The Labute approximate surface area is 182 Å². The molecule has 0 aliphatic carbocycles. The average molecular weight is 450 g/mol. The third-order valence-electron chi connectivity index (χ3n) is 4.87. The number of fused-ring (bicyclic) bond motifs is 1. The van der Waals surface area contributed by atoms with Crippen molar-refractivity contribution in [1.82, 2.24) is 5.32 Å². The molecule has 2 aromatic rings. The van der Waals surface area contributed by atoms with Crippen LogP contribution < -0.4 is 14.8 Å². The fourth-order valence-electron chi connectivity index (χ4n) is 3.31. The minimum atomic E-state index is -1.21. The molecule has 0 aromatic heterocycles. The van der Waals surface area contributed by atoms with Crippen LogP contribution in [0.3, 0.4) is 0 Å². The highest BCUT2D eigenvalue weighted by Gasteiger charge is 2.30. The molecular weight excluding hydrogens is 428 g/mol. The number of hydrogen-bond acceptors (Lipinski definition) is 10. The van der Waals surface area contributed by atoms with Crippen molar-refractivity contribution in [2.45, 2.75) is 25.8 Å². The van der Waals surface area contributed by atoms with Gasteiger partial charge in [-0.15, -0.1) is 0 Å². The van der Waals surface area contributed by atoms with Gasteiger partial charge in [0.05, 0.1) is 41.1 Å². The van der Waals surface area contributed by atoms with Crippen molar-refractivity contribution in [3.63, 3.8) is 0 Å². The fraction of sp³-hybridized carbons (Fsp3) is 0.368. The highest BCUT2D eigenvalue weighted by Crippen LogP contribution is 2.39. The Morgan fingerprint density at radius 1 is 0.969 bits per heavy atom. The van der Waals surface area contributed by atoms with Crippen LogP contribution in [0.15, 0.2) is 24.3 Å². The minimum absolute atomic E-state index is 0.447. The summed E-state index contributed by atoms with van der Waals surface area (Å²) >= 11 is 0. The van der Waals surface area contributed by atoms with Gasteiger partial charge in [0, 0.05) is 6.04 Å². The van der Waals surface area contributed by atoms with Gasteiger partial charge in [-0.3, -0.25) is 30.3 Å². The minimum Gasteiger partial charge on any atom is -0.497 e. The Hall–Kier alpha value is -4.00. The first kappa shape index (κ1) is 24.3. The summed E-state index contributed by atoms with van der Waals surface area (Å²) in [6, 6.07) is 5.56. The first-order valence-corrected chi connectivity index (χ1v) is 9.42. The topological polar surface area (TPSA) is 180 Å². The van der Waals surface area contributed by atoms with Crippen LogP contribution in [-0.2, 0) is 6.42 Å². The lowest BCUT2D eigenvalue weighted by Crippen LogP contribution is -2.29. The predicted molar refractivity (Wildman–Crippen MR) is 112 cm³/mol. The SMILES string of the molecule is CCC1NCCc2cc(OC)c(OC)cc21.O=[N+]([O-])c1cc([N+](=O)[O-])c(O)c([N+](=O)[O-])c1. The molecule has 0 saturated carbocycles. The summed E-state index contributed by atoms with van der Waals surface area (Å²) in [7, 11) is 3.37. The first-order valence-electron chi connectivity index (χ1n) is 9.42. The van der Waals surface area contributed by atoms with Crippen LogP contribution in [0.4, 0.5) is 17.1 Å². The number of nitro groups is 3. The zero-order valence-electron chi connectivity index (χ0n) is 17.6. The van der Waals surface area contributed by atoms with E-state index in [1.807, 2.05) is 0 Å². The highest BCUT2D eigenvalue weighted by molar-refractivity contribution is 5.64. The lowest BCUT2D eigenvalue weighted by atomic mass is 9.92. The molecule has 3 rings (SSSR count). The summed E-state index contributed by atoms with van der Waals surface area (Å²) in [6.07, 6.45) is 2.16. The van der Waals surface area contributed by atoms with E-state index in [4.69, 9.17) is 14.6 Å². The zero-order valence-corrected chi connectivity index (χ0v) is 17.6. The van der Waals surface area contributed by atoms with Gasteiger partial charge in [0.1, 0.15) is 0 Å². The molecule has 0 fully saturated rings. The number of nitro benzene ring substituents is 3. The van der Waals surface area contributed by atoms with Crippen molar-refractivity contribution in [2.75, 3.05) is 20.8 Å². The van der Waals surface area contributed by atoms with Gasteiger partial charge in [0.15, 0.2) is 11.5 Å². The number of non-ortho nitro benzene ring substituents is 1. The van der Waals surface area contributed by atoms with E-state index >= 15 is 0 Å². The van der Waals surface area contributed by atoms with Crippen LogP contribution >= 0.6 is 0 Å². The van der Waals surface area contributed by atoms with E-state index in [0.717, 1.165) is 30.9 Å². The van der Waals surface area contributed by atoms with E-state index in [1.54, 1.807) is 14.2 Å². The number of nitrogens with zero attached hydrogens (tertiary/aromatic N) is 3. The second-order valence-corrected chi connectivity index (χ2v) is 6.67. The second kappa shape index (κ2) is 10.3. The number of nitrogens with one attached hydrogen (secondary N) is 1. The summed E-state index contributed by atoms with van der Waals surface area (Å²) in [5.41, 5.74) is -0.271. The van der Waals surface area contributed by atoms with E-state index in [9.17, 15) is 30.3 Å². The van der Waals surface area contributed by atoms with Gasteiger partial charge in [-0.1, -0.05) is 6.92 Å². The number of hydrogen-bond donors (Lipinski definition) is 2. The molecule has 1 aliphatic heterocycles. The van der Waals surface area contributed by atoms with Gasteiger partial charge < -0.3 is 19.9 Å². The van der Waals surface area contributed by atoms with Gasteiger partial charge in [0.2, 0.25) is 0 Å². The molecule has 0 amide bonds. The van der Waals surface area contributed by atoms with Crippen LogP contribution in [0.5, 0.6) is 17.2 Å². The van der Waals surface area contributed by atoms with Crippen LogP contribution in [0, 0.1) is 30.3 Å². The predicted octanol–water partition coefficient (Wildman–Crippen LogP) is 3.42. The number of benzene rings is 2. The molecule has 13 heteroatoms. The normalized spacial score (nSPS) is 14.4. The van der Waals surface area contributed by atoms with Crippen LogP contribution in [0.1, 0.15) is 30.5 Å². The number of aromatic hydroxyl groups is 1. The summed E-state index contributed by atoms with van der Waals surface area (Å²) in [4.78, 5) is 27.8. The third kappa shape index (κ3) is 5.18. The highest BCUT2D eigenvalue weighted by atomic mass is 16.6. The Morgan fingerprint density at radius 2 is 1.50 bits per heavy atom. The molecule has 1 aliphatic rings.